The van der Waals surface area contributed by atoms with Gasteiger partial charge in [0, 0.05) is 26.3 Å². The Balaban J connectivity index is 1.62. The van der Waals surface area contributed by atoms with Crippen molar-refractivity contribution in [2.45, 2.75) is 24.3 Å². The monoisotopic (exact) mass is 363 g/mol. The van der Waals surface area contributed by atoms with Crippen molar-refractivity contribution < 1.29 is 18.3 Å². The smallest absolute Gasteiger partial charge is 0.335 e. The van der Waals surface area contributed by atoms with Crippen LogP contribution in [0.5, 0.6) is 0 Å². The number of carboxylic acid groups (broad SMARTS) is 1. The van der Waals surface area contributed by atoms with Crippen molar-refractivity contribution in [3.8, 4) is 0 Å². The van der Waals surface area contributed by atoms with Crippen molar-refractivity contribution in [3.05, 3.63) is 47.9 Å². The van der Waals surface area contributed by atoms with Crippen molar-refractivity contribution in [1.82, 2.24) is 13.9 Å². The molecule has 1 fully saturated rings. The molecular formula is C17H21N3O4S. The van der Waals surface area contributed by atoms with Gasteiger partial charge in [0.2, 0.25) is 0 Å². The summed E-state index contributed by atoms with van der Waals surface area (Å²) in [5.41, 5.74) is 1.26. The highest BCUT2D eigenvalue weighted by Gasteiger charge is 2.30. The molecule has 0 spiro atoms. The maximum Gasteiger partial charge on any atom is 0.335 e. The first-order chi connectivity index (χ1) is 11.9. The van der Waals surface area contributed by atoms with Crippen LogP contribution >= 0.6 is 0 Å². The van der Waals surface area contributed by atoms with Crippen LogP contribution < -0.4 is 0 Å². The summed E-state index contributed by atoms with van der Waals surface area (Å²) in [7, 11) is -1.79. The summed E-state index contributed by atoms with van der Waals surface area (Å²) in [6.45, 7) is 0.921. The van der Waals surface area contributed by atoms with Crippen molar-refractivity contribution in [1.29, 1.82) is 0 Å². The maximum atomic E-state index is 12.6. The second kappa shape index (κ2) is 6.97. The summed E-state index contributed by atoms with van der Waals surface area (Å²) in [6.07, 6.45) is 5.26. The van der Waals surface area contributed by atoms with Crippen molar-refractivity contribution in [2.75, 3.05) is 13.1 Å². The number of imidazole rings is 1. The molecule has 1 aliphatic heterocycles. The van der Waals surface area contributed by atoms with Crippen LogP contribution in [0.25, 0.3) is 0 Å². The molecule has 2 aromatic rings. The van der Waals surface area contributed by atoms with Gasteiger partial charge in [0.1, 0.15) is 0 Å². The fraction of sp³-hybridized carbons (Fsp3) is 0.412. The maximum absolute atomic E-state index is 12.6. The van der Waals surface area contributed by atoms with Crippen LogP contribution in [0.15, 0.2) is 41.8 Å². The van der Waals surface area contributed by atoms with Gasteiger partial charge in [0.15, 0.2) is 5.03 Å². The molecule has 1 N–H and O–H groups in total. The van der Waals surface area contributed by atoms with E-state index in [1.807, 2.05) is 6.07 Å². The standard InChI is InChI=1S/C17H21N3O4S/c1-19-11-16(18-12-19)25(23,24)20-7-5-13(6-8-20)9-14-3-2-4-15(10-14)17(21)22/h2-4,10-13H,5-9H2,1H3,(H,21,22). The minimum Gasteiger partial charge on any atom is -0.478 e. The van der Waals surface area contributed by atoms with Crippen LogP contribution in [-0.4, -0.2) is 46.4 Å². The molecule has 134 valence electrons. The van der Waals surface area contributed by atoms with Gasteiger partial charge in [0.05, 0.1) is 11.9 Å². The molecule has 1 aromatic carbocycles. The number of carboxylic acids is 1. The lowest BCUT2D eigenvalue weighted by Crippen LogP contribution is -2.39. The minimum absolute atomic E-state index is 0.0857. The van der Waals surface area contributed by atoms with Gasteiger partial charge in [-0.15, -0.1) is 0 Å². The van der Waals surface area contributed by atoms with Crippen LogP contribution in [-0.2, 0) is 23.5 Å². The van der Waals surface area contributed by atoms with Gasteiger partial charge in [-0.25, -0.2) is 18.2 Å². The molecule has 0 radical (unpaired) electrons. The molecule has 0 atom stereocenters. The molecule has 8 heteroatoms. The van der Waals surface area contributed by atoms with Crippen LogP contribution in [0.3, 0.4) is 0 Å². The molecule has 0 saturated carbocycles. The van der Waals surface area contributed by atoms with Gasteiger partial charge < -0.3 is 9.67 Å². The molecule has 2 heterocycles. The highest BCUT2D eigenvalue weighted by atomic mass is 32.2. The van der Waals surface area contributed by atoms with E-state index in [-0.39, 0.29) is 10.6 Å². The van der Waals surface area contributed by atoms with Crippen molar-refractivity contribution in [3.63, 3.8) is 0 Å². The van der Waals surface area contributed by atoms with Crippen LogP contribution in [0.1, 0.15) is 28.8 Å². The van der Waals surface area contributed by atoms with E-state index in [0.29, 0.717) is 19.0 Å². The second-order valence-corrected chi connectivity index (χ2v) is 8.32. The highest BCUT2D eigenvalue weighted by molar-refractivity contribution is 7.89. The number of piperidine rings is 1. The van der Waals surface area contributed by atoms with E-state index in [9.17, 15) is 13.2 Å². The zero-order chi connectivity index (χ0) is 18.0. The topological polar surface area (TPSA) is 92.5 Å². The molecule has 0 amide bonds. The van der Waals surface area contributed by atoms with E-state index in [2.05, 4.69) is 4.98 Å². The predicted molar refractivity (Wildman–Crippen MR) is 91.8 cm³/mol. The number of carbonyl (C=O) groups is 1. The number of hydrogen-bond acceptors (Lipinski definition) is 4. The molecule has 0 unspecified atom stereocenters. The minimum atomic E-state index is -3.53. The SMILES string of the molecule is Cn1cnc(S(=O)(=O)N2CCC(Cc3cccc(C(=O)O)c3)CC2)c1. The summed E-state index contributed by atoms with van der Waals surface area (Å²) in [5, 5.41) is 9.15. The molecule has 25 heavy (non-hydrogen) atoms. The number of hydrogen-bond donors (Lipinski definition) is 1. The first-order valence-electron chi connectivity index (χ1n) is 8.16. The zero-order valence-corrected chi connectivity index (χ0v) is 14.8. The molecule has 1 aromatic heterocycles. The average Bonchev–Trinajstić information content (AvgIpc) is 3.03. The second-order valence-electron chi connectivity index (χ2n) is 6.43. The van der Waals surface area contributed by atoms with E-state index < -0.39 is 16.0 Å². The lowest BCUT2D eigenvalue weighted by molar-refractivity contribution is 0.0696. The van der Waals surface area contributed by atoms with Gasteiger partial charge in [-0.1, -0.05) is 12.1 Å². The molecule has 1 aliphatic rings. The fourth-order valence-corrected chi connectivity index (χ4v) is 4.61. The number of sulfonamides is 1. The Kier molecular flexibility index (Phi) is 4.91. The quantitative estimate of drug-likeness (QED) is 0.874. The third-order valence-corrected chi connectivity index (χ3v) is 6.34. The Morgan fingerprint density at radius 3 is 2.64 bits per heavy atom. The third-order valence-electron chi connectivity index (χ3n) is 4.56. The molecule has 7 nitrogen and oxygen atoms in total. The van der Waals surface area contributed by atoms with Gasteiger partial charge in [-0.05, 0) is 42.9 Å². The predicted octanol–water partition coefficient (Wildman–Crippen LogP) is 1.76. The lowest BCUT2D eigenvalue weighted by atomic mass is 9.90. The van der Waals surface area contributed by atoms with Crippen LogP contribution in [0.4, 0.5) is 0 Å². The van der Waals surface area contributed by atoms with Gasteiger partial charge in [-0.2, -0.15) is 4.31 Å². The number of aromatic carboxylic acids is 1. The number of nitrogens with zero attached hydrogens (tertiary/aromatic N) is 3. The fourth-order valence-electron chi connectivity index (χ4n) is 3.17. The summed E-state index contributed by atoms with van der Waals surface area (Å²) < 4.78 is 28.2. The van der Waals surface area contributed by atoms with E-state index in [1.54, 1.807) is 29.8 Å². The van der Waals surface area contributed by atoms with Crippen molar-refractivity contribution in [2.24, 2.45) is 13.0 Å². The molecule has 1 saturated heterocycles. The Hall–Kier alpha value is -2.19. The molecule has 0 aliphatic carbocycles. The van der Waals surface area contributed by atoms with Crippen LogP contribution in [0, 0.1) is 5.92 Å². The Morgan fingerprint density at radius 2 is 2.04 bits per heavy atom. The molecular weight excluding hydrogens is 342 g/mol. The van der Waals surface area contributed by atoms with E-state index >= 15 is 0 Å². The zero-order valence-electron chi connectivity index (χ0n) is 14.0. The Labute approximate surface area is 147 Å². The van der Waals surface area contributed by atoms with E-state index in [4.69, 9.17) is 5.11 Å². The summed E-state index contributed by atoms with van der Waals surface area (Å²) >= 11 is 0. The number of aryl methyl sites for hydroxylation is 1. The molecule has 0 bridgehead atoms. The molecule has 3 rings (SSSR count). The number of benzene rings is 1. The normalized spacial score (nSPS) is 16.8. The van der Waals surface area contributed by atoms with Gasteiger partial charge in [0.25, 0.3) is 10.0 Å². The summed E-state index contributed by atoms with van der Waals surface area (Å²) in [6, 6.07) is 6.94. The number of rotatable bonds is 5. The highest BCUT2D eigenvalue weighted by Crippen LogP contribution is 2.25. The van der Waals surface area contributed by atoms with Crippen LogP contribution in [0.2, 0.25) is 0 Å². The number of aromatic nitrogens is 2. The first kappa shape index (κ1) is 17.6. The van der Waals surface area contributed by atoms with E-state index in [0.717, 1.165) is 24.8 Å². The largest absolute Gasteiger partial charge is 0.478 e. The summed E-state index contributed by atoms with van der Waals surface area (Å²) in [5.74, 6) is -0.586. The van der Waals surface area contributed by atoms with Gasteiger partial charge in [-0.3, -0.25) is 0 Å². The first-order valence-corrected chi connectivity index (χ1v) is 9.60. The third kappa shape index (κ3) is 3.91. The van der Waals surface area contributed by atoms with Crippen molar-refractivity contribution >= 4 is 16.0 Å². The Morgan fingerprint density at radius 1 is 1.32 bits per heavy atom. The average molecular weight is 363 g/mol. The Bertz CT molecular complexity index is 868. The summed E-state index contributed by atoms with van der Waals surface area (Å²) in [4.78, 5) is 15.0. The lowest BCUT2D eigenvalue weighted by Gasteiger charge is -2.30. The van der Waals surface area contributed by atoms with Gasteiger partial charge >= 0.3 is 5.97 Å². The van der Waals surface area contributed by atoms with E-state index in [1.165, 1.54) is 16.8 Å².